The number of pyridine rings is 1. The molecule has 0 saturated carbocycles. The zero-order valence-electron chi connectivity index (χ0n) is 26.2. The zero-order valence-corrected chi connectivity index (χ0v) is 26.2. The van der Waals surface area contributed by atoms with Gasteiger partial charge in [-0.05, 0) is 83.5 Å². The summed E-state index contributed by atoms with van der Waals surface area (Å²) < 4.78 is 17.3. The van der Waals surface area contributed by atoms with Crippen LogP contribution >= 0.6 is 0 Å². The van der Waals surface area contributed by atoms with Crippen molar-refractivity contribution < 1.29 is 23.5 Å². The van der Waals surface area contributed by atoms with E-state index in [-0.39, 0.29) is 12.1 Å². The number of carbonyl (C=O) groups excluding carboxylic acids is 2. The molecule has 2 amide bonds. The third-order valence-corrected chi connectivity index (χ3v) is 7.32. The molecule has 0 radical (unpaired) electrons. The SMILES string of the molecule is CN(C(=O)OC(C)(C)C)c1ncc(-c2cc3ccccc3o2)c2cc(CN3CCC(NC(=O)OC(C)(C)C)CC3)ccc12. The number of rotatable bonds is 5. The lowest BCUT2D eigenvalue weighted by Crippen LogP contribution is -2.45. The molecule has 2 aromatic heterocycles. The molecule has 1 aliphatic heterocycles. The number of nitrogens with zero attached hydrogens (tertiary/aromatic N) is 3. The predicted octanol–water partition coefficient (Wildman–Crippen LogP) is 7.51. The van der Waals surface area contributed by atoms with Crippen molar-refractivity contribution in [2.45, 2.75) is 78.2 Å². The minimum atomic E-state index is -0.627. The Bertz CT molecular complexity index is 1590. The number of carbonyl (C=O) groups is 2. The molecule has 0 bridgehead atoms. The molecule has 9 heteroatoms. The number of hydrogen-bond acceptors (Lipinski definition) is 7. The van der Waals surface area contributed by atoms with Gasteiger partial charge in [0.05, 0.1) is 0 Å². The van der Waals surface area contributed by atoms with Crippen LogP contribution in [0.3, 0.4) is 0 Å². The Morgan fingerprint density at radius 3 is 2.35 bits per heavy atom. The third kappa shape index (κ3) is 7.46. The first kappa shape index (κ1) is 30.4. The molecule has 1 fully saturated rings. The van der Waals surface area contributed by atoms with Gasteiger partial charge in [0.1, 0.15) is 28.4 Å². The highest BCUT2D eigenvalue weighted by Crippen LogP contribution is 2.37. The lowest BCUT2D eigenvalue weighted by atomic mass is 10.0. The van der Waals surface area contributed by atoms with Gasteiger partial charge in [-0.3, -0.25) is 9.80 Å². The number of fused-ring (bicyclic) bond motifs is 2. The van der Waals surface area contributed by atoms with Crippen LogP contribution in [0.15, 0.2) is 59.1 Å². The van der Waals surface area contributed by atoms with Crippen molar-refractivity contribution in [2.75, 3.05) is 25.0 Å². The standard InChI is InChI=1S/C34H42N4O5/c1-33(2,3)42-31(39)36-24-14-16-38(17-15-24)21-22-12-13-25-26(18-22)27(29-19-23-10-8-9-11-28(23)41-29)20-35-30(25)37(7)32(40)43-34(4,5)6/h8-13,18-20,24H,14-17,21H2,1-7H3,(H,36,39). The van der Waals surface area contributed by atoms with E-state index in [0.717, 1.165) is 71.1 Å². The van der Waals surface area contributed by atoms with Gasteiger partial charge in [0.25, 0.3) is 0 Å². The molecule has 1 saturated heterocycles. The Kier molecular flexibility index (Phi) is 8.38. The van der Waals surface area contributed by atoms with Gasteiger partial charge < -0.3 is 19.2 Å². The summed E-state index contributed by atoms with van der Waals surface area (Å²) in [5.41, 5.74) is 1.66. The van der Waals surface area contributed by atoms with Gasteiger partial charge in [0.15, 0.2) is 0 Å². The first-order valence-corrected chi connectivity index (χ1v) is 14.8. The molecule has 1 aliphatic rings. The molecular formula is C34H42N4O5. The van der Waals surface area contributed by atoms with Crippen molar-refractivity contribution in [1.29, 1.82) is 0 Å². The molecule has 4 aromatic rings. The lowest BCUT2D eigenvalue weighted by molar-refractivity contribution is 0.0476. The normalized spacial score (nSPS) is 15.0. The maximum absolute atomic E-state index is 13.0. The number of hydrogen-bond donors (Lipinski definition) is 1. The van der Waals surface area contributed by atoms with Gasteiger partial charge in [-0.25, -0.2) is 14.6 Å². The van der Waals surface area contributed by atoms with Crippen LogP contribution in [-0.4, -0.2) is 59.5 Å². The number of benzene rings is 2. The van der Waals surface area contributed by atoms with Crippen LogP contribution in [0.25, 0.3) is 33.1 Å². The van der Waals surface area contributed by atoms with Crippen LogP contribution in [-0.2, 0) is 16.0 Å². The highest BCUT2D eigenvalue weighted by atomic mass is 16.6. The zero-order chi connectivity index (χ0) is 30.9. The Morgan fingerprint density at radius 2 is 1.67 bits per heavy atom. The summed E-state index contributed by atoms with van der Waals surface area (Å²) in [5.74, 6) is 1.24. The maximum Gasteiger partial charge on any atom is 0.415 e. The topological polar surface area (TPSA) is 97.1 Å². The fourth-order valence-corrected chi connectivity index (χ4v) is 5.34. The summed E-state index contributed by atoms with van der Waals surface area (Å²) in [4.78, 5) is 33.8. The van der Waals surface area contributed by atoms with E-state index in [1.165, 1.54) is 4.90 Å². The number of alkyl carbamates (subject to hydrolysis) is 1. The first-order valence-electron chi connectivity index (χ1n) is 14.8. The Hall–Kier alpha value is -4.11. The number of piperidine rings is 1. The molecular weight excluding hydrogens is 544 g/mol. The van der Waals surface area contributed by atoms with Crippen molar-refractivity contribution >= 4 is 39.7 Å². The van der Waals surface area contributed by atoms with Crippen LogP contribution in [0, 0.1) is 0 Å². The molecule has 1 N–H and O–H groups in total. The molecule has 5 rings (SSSR count). The molecule has 0 atom stereocenters. The predicted molar refractivity (Wildman–Crippen MR) is 169 cm³/mol. The molecule has 0 spiro atoms. The fourth-order valence-electron chi connectivity index (χ4n) is 5.34. The number of nitrogens with one attached hydrogen (secondary N) is 1. The van der Waals surface area contributed by atoms with E-state index >= 15 is 0 Å². The van der Waals surface area contributed by atoms with Gasteiger partial charge in [-0.1, -0.05) is 30.3 Å². The average molecular weight is 587 g/mol. The highest BCUT2D eigenvalue weighted by Gasteiger charge is 2.26. The monoisotopic (exact) mass is 586 g/mol. The summed E-state index contributed by atoms with van der Waals surface area (Å²) in [6, 6.07) is 16.3. The van der Waals surface area contributed by atoms with Crippen molar-refractivity contribution in [1.82, 2.24) is 15.2 Å². The van der Waals surface area contributed by atoms with Crippen LogP contribution in [0.5, 0.6) is 0 Å². The molecule has 0 aliphatic carbocycles. The largest absolute Gasteiger partial charge is 0.456 e. The van der Waals surface area contributed by atoms with Gasteiger partial charge >= 0.3 is 12.2 Å². The van der Waals surface area contributed by atoms with E-state index in [2.05, 4.69) is 22.3 Å². The first-order chi connectivity index (χ1) is 20.3. The van der Waals surface area contributed by atoms with Crippen LogP contribution in [0.4, 0.5) is 15.4 Å². The van der Waals surface area contributed by atoms with Crippen molar-refractivity contribution in [3.63, 3.8) is 0 Å². The quantitative estimate of drug-likeness (QED) is 0.258. The molecule has 43 heavy (non-hydrogen) atoms. The molecule has 3 heterocycles. The number of ether oxygens (including phenoxy) is 2. The number of para-hydroxylation sites is 1. The van der Waals surface area contributed by atoms with E-state index in [4.69, 9.17) is 18.9 Å². The second kappa shape index (κ2) is 11.9. The van der Waals surface area contributed by atoms with Crippen LogP contribution < -0.4 is 10.2 Å². The van der Waals surface area contributed by atoms with E-state index in [1.807, 2.05) is 77.9 Å². The minimum Gasteiger partial charge on any atom is -0.456 e. The van der Waals surface area contributed by atoms with E-state index in [0.29, 0.717) is 5.82 Å². The molecule has 0 unspecified atom stereocenters. The molecule has 228 valence electrons. The van der Waals surface area contributed by atoms with Gasteiger partial charge in [0.2, 0.25) is 0 Å². The second-order valence-corrected chi connectivity index (χ2v) is 13.3. The molecule has 9 nitrogen and oxygen atoms in total. The van der Waals surface area contributed by atoms with Crippen LogP contribution in [0.2, 0.25) is 0 Å². The number of likely N-dealkylation sites (tertiary alicyclic amines) is 1. The fraction of sp³-hybridized carbons (Fsp3) is 0.441. The average Bonchev–Trinajstić information content (AvgIpc) is 3.35. The van der Waals surface area contributed by atoms with Gasteiger partial charge in [-0.15, -0.1) is 0 Å². The Morgan fingerprint density at radius 1 is 0.977 bits per heavy atom. The summed E-state index contributed by atoms with van der Waals surface area (Å²) in [5, 5.41) is 5.80. The lowest BCUT2D eigenvalue weighted by Gasteiger charge is -2.33. The number of aromatic nitrogens is 1. The highest BCUT2D eigenvalue weighted by molar-refractivity contribution is 6.05. The maximum atomic E-state index is 13.0. The smallest absolute Gasteiger partial charge is 0.415 e. The van der Waals surface area contributed by atoms with Gasteiger partial charge in [-0.2, -0.15) is 0 Å². The molecule has 2 aromatic carbocycles. The summed E-state index contributed by atoms with van der Waals surface area (Å²) in [6.07, 6.45) is 2.65. The van der Waals surface area contributed by atoms with Crippen LogP contribution in [0.1, 0.15) is 59.9 Å². The minimum absolute atomic E-state index is 0.0967. The summed E-state index contributed by atoms with van der Waals surface area (Å²) in [7, 11) is 1.68. The second-order valence-electron chi connectivity index (χ2n) is 13.3. The van der Waals surface area contributed by atoms with E-state index in [1.54, 1.807) is 13.2 Å². The number of anilines is 1. The van der Waals surface area contributed by atoms with E-state index in [9.17, 15) is 9.59 Å². The Balaban J connectivity index is 1.41. The summed E-state index contributed by atoms with van der Waals surface area (Å²) in [6.45, 7) is 13.6. The third-order valence-electron chi connectivity index (χ3n) is 7.32. The summed E-state index contributed by atoms with van der Waals surface area (Å²) >= 11 is 0. The van der Waals surface area contributed by atoms with Crippen molar-refractivity contribution in [3.8, 4) is 11.3 Å². The van der Waals surface area contributed by atoms with E-state index < -0.39 is 17.3 Å². The Labute approximate surface area is 253 Å². The van der Waals surface area contributed by atoms with Gasteiger partial charge in [0, 0.05) is 55.3 Å². The number of furan rings is 1. The van der Waals surface area contributed by atoms with Crippen molar-refractivity contribution in [2.24, 2.45) is 0 Å². The number of amides is 2. The van der Waals surface area contributed by atoms with Crippen molar-refractivity contribution in [3.05, 3.63) is 60.3 Å².